The van der Waals surface area contributed by atoms with Gasteiger partial charge in [0, 0.05) is 24.8 Å². The summed E-state index contributed by atoms with van der Waals surface area (Å²) >= 11 is 0. The third-order valence-corrected chi connectivity index (χ3v) is 4.94. The van der Waals surface area contributed by atoms with E-state index in [1.807, 2.05) is 0 Å². The number of nitrogens with zero attached hydrogens (tertiary/aromatic N) is 1. The van der Waals surface area contributed by atoms with Gasteiger partial charge in [-0.05, 0) is 55.8 Å². The van der Waals surface area contributed by atoms with E-state index in [1.165, 1.54) is 50.0 Å². The molecule has 1 aliphatic rings. The fourth-order valence-electron chi connectivity index (χ4n) is 3.49. The lowest BCUT2D eigenvalue weighted by Crippen LogP contribution is -2.24. The van der Waals surface area contributed by atoms with E-state index in [4.69, 9.17) is 0 Å². The fourth-order valence-corrected chi connectivity index (χ4v) is 3.49. The van der Waals surface area contributed by atoms with E-state index >= 15 is 0 Å². The number of hydrogen-bond donors (Lipinski definition) is 1. The van der Waals surface area contributed by atoms with Crippen LogP contribution in [0, 0.1) is 5.92 Å². The largest absolute Gasteiger partial charge is 0.372 e. The topological polar surface area (TPSA) is 15.3 Å². The van der Waals surface area contributed by atoms with Gasteiger partial charge >= 0.3 is 0 Å². The zero-order valence-electron chi connectivity index (χ0n) is 14.1. The summed E-state index contributed by atoms with van der Waals surface area (Å²) in [6.07, 6.45) is 6.59. The molecule has 0 aromatic heterocycles. The predicted molar refractivity (Wildman–Crippen MR) is 93.0 cm³/mol. The van der Waals surface area contributed by atoms with Gasteiger partial charge in [0.05, 0.1) is 0 Å². The highest BCUT2D eigenvalue weighted by molar-refractivity contribution is 5.48. The molecular weight excluding hydrogens is 256 g/mol. The Morgan fingerprint density at radius 1 is 1.10 bits per heavy atom. The lowest BCUT2D eigenvalue weighted by atomic mass is 9.98. The summed E-state index contributed by atoms with van der Waals surface area (Å²) in [6.45, 7) is 10.2. The van der Waals surface area contributed by atoms with Crippen LogP contribution in [0.5, 0.6) is 0 Å². The molecular formula is C19H32N2. The fraction of sp³-hybridized carbons (Fsp3) is 0.684. The van der Waals surface area contributed by atoms with E-state index < -0.39 is 0 Å². The summed E-state index contributed by atoms with van der Waals surface area (Å²) in [5.41, 5.74) is 2.83. The average molecular weight is 288 g/mol. The van der Waals surface area contributed by atoms with Gasteiger partial charge in [-0.15, -0.1) is 0 Å². The summed E-state index contributed by atoms with van der Waals surface area (Å²) in [6, 6.07) is 9.77. The Kier molecular flexibility index (Phi) is 6.56. The second-order valence-electron chi connectivity index (χ2n) is 6.30. The van der Waals surface area contributed by atoms with E-state index in [0.717, 1.165) is 18.9 Å². The van der Waals surface area contributed by atoms with Crippen molar-refractivity contribution < 1.29 is 0 Å². The second-order valence-corrected chi connectivity index (χ2v) is 6.30. The molecule has 118 valence electrons. The minimum atomic E-state index is 0.498. The minimum absolute atomic E-state index is 0.498. The maximum Gasteiger partial charge on any atom is 0.0366 e. The zero-order chi connectivity index (χ0) is 15.1. The standard InChI is InChI=1S/C19H32N2/c1-4-16-8-7-14-21(15-13-16)18-11-9-17(10-12-18)19(5-2)20-6-3/h9-12,16,19-20H,4-8,13-15H2,1-3H3. The van der Waals surface area contributed by atoms with Gasteiger partial charge in [0.15, 0.2) is 0 Å². The van der Waals surface area contributed by atoms with E-state index in [0.29, 0.717) is 6.04 Å². The average Bonchev–Trinajstić information content (AvgIpc) is 2.78. The van der Waals surface area contributed by atoms with Crippen LogP contribution in [0.15, 0.2) is 24.3 Å². The summed E-state index contributed by atoms with van der Waals surface area (Å²) in [7, 11) is 0. The van der Waals surface area contributed by atoms with Crippen LogP contribution < -0.4 is 10.2 Å². The van der Waals surface area contributed by atoms with Crippen molar-refractivity contribution in [3.8, 4) is 0 Å². The maximum atomic E-state index is 3.56. The zero-order valence-corrected chi connectivity index (χ0v) is 14.1. The van der Waals surface area contributed by atoms with Gasteiger partial charge in [-0.25, -0.2) is 0 Å². The highest BCUT2D eigenvalue weighted by Crippen LogP contribution is 2.26. The predicted octanol–water partition coefficient (Wildman–Crippen LogP) is 4.76. The van der Waals surface area contributed by atoms with Crippen LogP contribution in [0.25, 0.3) is 0 Å². The molecule has 1 fully saturated rings. The van der Waals surface area contributed by atoms with Crippen molar-refractivity contribution in [3.63, 3.8) is 0 Å². The molecule has 0 spiro atoms. The third kappa shape index (κ3) is 4.47. The molecule has 2 heteroatoms. The first-order valence-electron chi connectivity index (χ1n) is 8.86. The van der Waals surface area contributed by atoms with Gasteiger partial charge in [-0.3, -0.25) is 0 Å². The number of rotatable bonds is 6. The Labute approximate surface area is 130 Å². The lowest BCUT2D eigenvalue weighted by molar-refractivity contribution is 0.459. The van der Waals surface area contributed by atoms with Crippen LogP contribution in [-0.2, 0) is 0 Å². The second kappa shape index (κ2) is 8.43. The number of benzene rings is 1. The number of hydrogen-bond acceptors (Lipinski definition) is 2. The maximum absolute atomic E-state index is 3.56. The highest BCUT2D eigenvalue weighted by atomic mass is 15.1. The summed E-state index contributed by atoms with van der Waals surface area (Å²) in [5, 5.41) is 3.56. The van der Waals surface area contributed by atoms with E-state index in [1.54, 1.807) is 0 Å². The van der Waals surface area contributed by atoms with Crippen molar-refractivity contribution in [2.24, 2.45) is 5.92 Å². The smallest absolute Gasteiger partial charge is 0.0366 e. The van der Waals surface area contributed by atoms with Crippen molar-refractivity contribution >= 4 is 5.69 Å². The third-order valence-electron chi connectivity index (χ3n) is 4.94. The Morgan fingerprint density at radius 2 is 1.86 bits per heavy atom. The van der Waals surface area contributed by atoms with Crippen LogP contribution in [-0.4, -0.2) is 19.6 Å². The molecule has 2 unspecified atom stereocenters. The van der Waals surface area contributed by atoms with Crippen LogP contribution in [0.1, 0.15) is 64.5 Å². The Morgan fingerprint density at radius 3 is 2.48 bits per heavy atom. The Hall–Kier alpha value is -1.02. The van der Waals surface area contributed by atoms with E-state index in [2.05, 4.69) is 55.3 Å². The SMILES string of the molecule is CCNC(CC)c1ccc(N2CCCC(CC)CC2)cc1. The molecule has 2 nitrogen and oxygen atoms in total. The van der Waals surface area contributed by atoms with Gasteiger partial charge in [0.25, 0.3) is 0 Å². The van der Waals surface area contributed by atoms with Crippen LogP contribution in [0.4, 0.5) is 5.69 Å². The van der Waals surface area contributed by atoms with Crippen LogP contribution in [0.2, 0.25) is 0 Å². The molecule has 21 heavy (non-hydrogen) atoms. The van der Waals surface area contributed by atoms with Gasteiger partial charge < -0.3 is 10.2 Å². The summed E-state index contributed by atoms with van der Waals surface area (Å²) in [5.74, 6) is 0.937. The van der Waals surface area contributed by atoms with Crippen molar-refractivity contribution in [2.75, 3.05) is 24.5 Å². The molecule has 0 aliphatic carbocycles. The van der Waals surface area contributed by atoms with Crippen molar-refractivity contribution in [3.05, 3.63) is 29.8 Å². The molecule has 0 saturated carbocycles. The van der Waals surface area contributed by atoms with Gasteiger partial charge in [-0.1, -0.05) is 39.3 Å². The molecule has 1 aromatic carbocycles. The summed E-state index contributed by atoms with van der Waals surface area (Å²) < 4.78 is 0. The molecule has 2 atom stereocenters. The van der Waals surface area contributed by atoms with Crippen molar-refractivity contribution in [1.29, 1.82) is 0 Å². The Bertz CT molecular complexity index is 399. The van der Waals surface area contributed by atoms with Gasteiger partial charge in [-0.2, -0.15) is 0 Å². The highest BCUT2D eigenvalue weighted by Gasteiger charge is 2.16. The normalized spacial score (nSPS) is 21.1. The van der Waals surface area contributed by atoms with Crippen molar-refractivity contribution in [2.45, 2.75) is 58.9 Å². The monoisotopic (exact) mass is 288 g/mol. The molecule has 0 bridgehead atoms. The number of anilines is 1. The molecule has 0 radical (unpaired) electrons. The molecule has 2 rings (SSSR count). The van der Waals surface area contributed by atoms with Crippen molar-refractivity contribution in [1.82, 2.24) is 5.32 Å². The molecule has 0 amide bonds. The van der Waals surface area contributed by atoms with Gasteiger partial charge in [0.2, 0.25) is 0 Å². The van der Waals surface area contributed by atoms with Gasteiger partial charge in [0.1, 0.15) is 0 Å². The Balaban J connectivity index is 2.01. The quantitative estimate of drug-likeness (QED) is 0.811. The molecule has 1 heterocycles. The molecule has 1 aromatic rings. The first-order valence-corrected chi connectivity index (χ1v) is 8.86. The molecule has 1 N–H and O–H groups in total. The molecule has 1 aliphatic heterocycles. The first kappa shape index (κ1) is 16.4. The molecule has 1 saturated heterocycles. The van der Waals surface area contributed by atoms with Crippen LogP contribution in [0.3, 0.4) is 0 Å². The van der Waals surface area contributed by atoms with E-state index in [9.17, 15) is 0 Å². The summed E-state index contributed by atoms with van der Waals surface area (Å²) in [4.78, 5) is 2.58. The first-order chi connectivity index (χ1) is 10.3. The number of nitrogens with one attached hydrogen (secondary N) is 1. The minimum Gasteiger partial charge on any atom is -0.372 e. The lowest BCUT2D eigenvalue weighted by Gasteiger charge is -2.24. The van der Waals surface area contributed by atoms with E-state index in [-0.39, 0.29) is 0 Å². The van der Waals surface area contributed by atoms with Crippen LogP contribution >= 0.6 is 0 Å².